The van der Waals surface area contributed by atoms with Crippen molar-refractivity contribution in [3.05, 3.63) is 82.4 Å². The Kier molecular flexibility index (Phi) is 4.88. The molecule has 4 N–H and O–H groups in total. The summed E-state index contributed by atoms with van der Waals surface area (Å²) in [6.07, 6.45) is 8.45. The van der Waals surface area contributed by atoms with Gasteiger partial charge in [-0.15, -0.1) is 0 Å². The zero-order chi connectivity index (χ0) is 19.7. The van der Waals surface area contributed by atoms with Gasteiger partial charge in [0, 0.05) is 10.4 Å². The maximum absolute atomic E-state index is 6.29. The Labute approximate surface area is 169 Å². The van der Waals surface area contributed by atoms with Crippen LogP contribution in [0.15, 0.2) is 66.3 Å². The topological polar surface area (TPSA) is 77.8 Å². The normalized spacial score (nSPS) is 14.7. The summed E-state index contributed by atoms with van der Waals surface area (Å²) in [5.41, 5.74) is 18.3. The van der Waals surface area contributed by atoms with Crippen LogP contribution in [-0.2, 0) is 0 Å². The van der Waals surface area contributed by atoms with Gasteiger partial charge < -0.3 is 11.5 Å². The van der Waals surface area contributed by atoms with Crippen molar-refractivity contribution >= 4 is 45.4 Å². The fourth-order valence-corrected chi connectivity index (χ4v) is 3.82. The van der Waals surface area contributed by atoms with Crippen molar-refractivity contribution in [2.75, 3.05) is 11.5 Å². The van der Waals surface area contributed by atoms with E-state index in [0.29, 0.717) is 5.82 Å². The minimum absolute atomic E-state index is 0.176. The van der Waals surface area contributed by atoms with Crippen LogP contribution in [0.5, 0.6) is 0 Å². The third-order valence-corrected chi connectivity index (χ3v) is 5.18. The first-order valence-electron chi connectivity index (χ1n) is 9.19. The van der Waals surface area contributed by atoms with Crippen LogP contribution in [0.25, 0.3) is 22.0 Å². The average molecular weight is 389 g/mol. The lowest BCUT2D eigenvalue weighted by Crippen LogP contribution is -2.01. The van der Waals surface area contributed by atoms with Gasteiger partial charge in [-0.2, -0.15) is 4.98 Å². The monoisotopic (exact) mass is 388 g/mol. The third kappa shape index (κ3) is 3.51. The molecule has 140 valence electrons. The molecule has 0 atom stereocenters. The van der Waals surface area contributed by atoms with Gasteiger partial charge in [-0.1, -0.05) is 53.6 Å². The van der Waals surface area contributed by atoms with Crippen molar-refractivity contribution in [3.8, 4) is 0 Å². The number of nitrogens with zero attached hydrogens (tertiary/aromatic N) is 2. The van der Waals surface area contributed by atoms with E-state index >= 15 is 0 Å². The van der Waals surface area contributed by atoms with Gasteiger partial charge in [0.1, 0.15) is 5.82 Å². The second-order valence-electron chi connectivity index (χ2n) is 6.91. The molecule has 0 radical (unpaired) electrons. The number of benzene rings is 2. The van der Waals surface area contributed by atoms with E-state index in [1.807, 2.05) is 30.3 Å². The van der Waals surface area contributed by atoms with Crippen molar-refractivity contribution in [2.24, 2.45) is 0 Å². The number of anilines is 2. The smallest absolute Gasteiger partial charge is 0.222 e. The number of nitrogens with two attached hydrogens (primary N) is 2. The number of aromatic nitrogens is 2. The van der Waals surface area contributed by atoms with Crippen LogP contribution >= 0.6 is 11.6 Å². The highest BCUT2D eigenvalue weighted by molar-refractivity contribution is 6.30. The highest BCUT2D eigenvalue weighted by atomic mass is 35.5. The number of halogens is 1. The molecule has 0 saturated heterocycles. The van der Waals surface area contributed by atoms with Crippen molar-refractivity contribution in [3.63, 3.8) is 0 Å². The molecule has 5 heteroatoms. The maximum Gasteiger partial charge on any atom is 0.222 e. The Balaban J connectivity index is 1.94. The molecule has 0 amide bonds. The maximum atomic E-state index is 6.29. The van der Waals surface area contributed by atoms with E-state index in [4.69, 9.17) is 23.1 Å². The van der Waals surface area contributed by atoms with Gasteiger partial charge in [-0.3, -0.25) is 0 Å². The number of allylic oxidation sites excluding steroid dienone is 6. The molecule has 1 aliphatic carbocycles. The summed E-state index contributed by atoms with van der Waals surface area (Å²) in [5.74, 6) is 0.567. The summed E-state index contributed by atoms with van der Waals surface area (Å²) >= 11 is 6.29. The first-order chi connectivity index (χ1) is 13.5. The van der Waals surface area contributed by atoms with Crippen LogP contribution in [0, 0.1) is 0 Å². The lowest BCUT2D eigenvalue weighted by molar-refractivity contribution is 0.980. The number of hydrogen-bond donors (Lipinski definition) is 2. The van der Waals surface area contributed by atoms with Crippen LogP contribution < -0.4 is 11.5 Å². The Bertz CT molecular complexity index is 1160. The number of rotatable bonds is 2. The van der Waals surface area contributed by atoms with Crippen molar-refractivity contribution in [1.82, 2.24) is 9.97 Å². The summed E-state index contributed by atoms with van der Waals surface area (Å²) < 4.78 is 0. The standard InChI is InChI=1S/C23H21ClN4/c1-14-6-3-2-4-9-18(21(14)16-7-5-8-17(24)12-16)15-10-11-19-20(13-15)27-23(26)28-22(19)25/h2,4-5,7-13H,3,6H2,1H3,(H4,25,26,27,28). The van der Waals surface area contributed by atoms with E-state index in [2.05, 4.69) is 47.3 Å². The fourth-order valence-electron chi connectivity index (χ4n) is 3.63. The predicted molar refractivity (Wildman–Crippen MR) is 119 cm³/mol. The Morgan fingerprint density at radius 1 is 1.00 bits per heavy atom. The van der Waals surface area contributed by atoms with E-state index in [1.165, 1.54) is 11.1 Å². The zero-order valence-corrected chi connectivity index (χ0v) is 16.4. The molecule has 0 aliphatic heterocycles. The summed E-state index contributed by atoms with van der Waals surface area (Å²) in [6, 6.07) is 14.0. The Morgan fingerprint density at radius 3 is 2.68 bits per heavy atom. The Hall–Kier alpha value is -3.11. The van der Waals surface area contributed by atoms with Gasteiger partial charge in [0.2, 0.25) is 5.95 Å². The van der Waals surface area contributed by atoms with Gasteiger partial charge in [0.15, 0.2) is 0 Å². The molecule has 2 aromatic carbocycles. The second kappa shape index (κ2) is 7.49. The molecule has 0 fully saturated rings. The van der Waals surface area contributed by atoms with E-state index in [9.17, 15) is 0 Å². The summed E-state index contributed by atoms with van der Waals surface area (Å²) in [5, 5.41) is 1.52. The first-order valence-corrected chi connectivity index (χ1v) is 9.57. The molecule has 1 aliphatic rings. The molecule has 0 unspecified atom stereocenters. The zero-order valence-electron chi connectivity index (χ0n) is 15.6. The van der Waals surface area contributed by atoms with Gasteiger partial charge in [-0.05, 0) is 66.3 Å². The van der Waals surface area contributed by atoms with Crippen molar-refractivity contribution in [2.45, 2.75) is 19.8 Å². The van der Waals surface area contributed by atoms with Gasteiger partial charge in [-0.25, -0.2) is 4.98 Å². The lowest BCUT2D eigenvalue weighted by atomic mass is 9.86. The SMILES string of the molecule is CC1=C(c2cccc(Cl)c2)C(c2ccc3c(N)nc(N)nc3c2)=CC=CCC1. The molecule has 28 heavy (non-hydrogen) atoms. The van der Waals surface area contributed by atoms with Crippen LogP contribution in [0.4, 0.5) is 11.8 Å². The van der Waals surface area contributed by atoms with Crippen LogP contribution in [0.3, 0.4) is 0 Å². The van der Waals surface area contributed by atoms with Crippen molar-refractivity contribution < 1.29 is 0 Å². The summed E-state index contributed by atoms with van der Waals surface area (Å²) in [4.78, 5) is 8.42. The quantitative estimate of drug-likeness (QED) is 0.594. The second-order valence-corrected chi connectivity index (χ2v) is 7.35. The average Bonchev–Trinajstić information content (AvgIpc) is 2.64. The summed E-state index contributed by atoms with van der Waals surface area (Å²) in [6.45, 7) is 2.18. The Morgan fingerprint density at radius 2 is 1.86 bits per heavy atom. The number of fused-ring (bicyclic) bond motifs is 1. The molecule has 1 heterocycles. The van der Waals surface area contributed by atoms with E-state index < -0.39 is 0 Å². The molecular formula is C23H21ClN4. The minimum Gasteiger partial charge on any atom is -0.383 e. The molecular weight excluding hydrogens is 368 g/mol. The van der Waals surface area contributed by atoms with Gasteiger partial charge >= 0.3 is 0 Å². The number of nitrogen functional groups attached to an aromatic ring is 2. The predicted octanol–water partition coefficient (Wildman–Crippen LogP) is 5.65. The highest BCUT2D eigenvalue weighted by Crippen LogP contribution is 2.38. The third-order valence-electron chi connectivity index (χ3n) is 4.95. The molecule has 0 saturated carbocycles. The molecule has 4 rings (SSSR count). The fraction of sp³-hybridized carbons (Fsp3) is 0.130. The lowest BCUT2D eigenvalue weighted by Gasteiger charge is -2.19. The summed E-state index contributed by atoms with van der Waals surface area (Å²) in [7, 11) is 0. The van der Waals surface area contributed by atoms with Crippen LogP contribution in [0.1, 0.15) is 30.9 Å². The minimum atomic E-state index is 0.176. The molecule has 3 aromatic rings. The molecule has 4 nitrogen and oxygen atoms in total. The van der Waals surface area contributed by atoms with Gasteiger partial charge in [0.25, 0.3) is 0 Å². The molecule has 0 bridgehead atoms. The van der Waals surface area contributed by atoms with Crippen LogP contribution in [-0.4, -0.2) is 9.97 Å². The molecule has 1 aromatic heterocycles. The van der Waals surface area contributed by atoms with Crippen LogP contribution in [0.2, 0.25) is 5.02 Å². The largest absolute Gasteiger partial charge is 0.383 e. The molecule has 0 spiro atoms. The van der Waals surface area contributed by atoms with E-state index in [1.54, 1.807) is 0 Å². The highest BCUT2D eigenvalue weighted by Gasteiger charge is 2.16. The van der Waals surface area contributed by atoms with Crippen molar-refractivity contribution in [1.29, 1.82) is 0 Å². The number of hydrogen-bond acceptors (Lipinski definition) is 4. The van der Waals surface area contributed by atoms with E-state index in [0.717, 1.165) is 45.5 Å². The van der Waals surface area contributed by atoms with E-state index in [-0.39, 0.29) is 5.95 Å². The van der Waals surface area contributed by atoms with Gasteiger partial charge in [0.05, 0.1) is 5.52 Å². The first kappa shape index (κ1) is 18.3.